The molecular weight excluding hydrogens is 254 g/mol. The lowest BCUT2D eigenvalue weighted by Crippen LogP contribution is -2.33. The van der Waals surface area contributed by atoms with Gasteiger partial charge in [-0.2, -0.15) is 0 Å². The molecule has 1 aromatic heterocycles. The highest BCUT2D eigenvalue weighted by molar-refractivity contribution is 7.07. The van der Waals surface area contributed by atoms with Crippen LogP contribution in [0.3, 0.4) is 0 Å². The second-order valence-corrected chi connectivity index (χ2v) is 4.98. The van der Waals surface area contributed by atoms with Crippen molar-refractivity contribution in [3.05, 3.63) is 10.6 Å². The molecule has 0 spiro atoms. The summed E-state index contributed by atoms with van der Waals surface area (Å²) in [6.45, 7) is 3.76. The minimum atomic E-state index is -0.911. The van der Waals surface area contributed by atoms with E-state index < -0.39 is 11.9 Å². The molecule has 7 heteroatoms. The Morgan fingerprint density at radius 3 is 2.72 bits per heavy atom. The van der Waals surface area contributed by atoms with Crippen molar-refractivity contribution in [1.29, 1.82) is 0 Å². The average molecular weight is 271 g/mol. The Hall–Kier alpha value is -1.50. The number of aliphatic carboxylic acids is 1. The highest BCUT2D eigenvalue weighted by Crippen LogP contribution is 2.15. The predicted molar refractivity (Wildman–Crippen MR) is 67.7 cm³/mol. The molecule has 1 aromatic rings. The summed E-state index contributed by atoms with van der Waals surface area (Å²) in [6.07, 6.45) is 1.60. The quantitative estimate of drug-likeness (QED) is 0.842. The van der Waals surface area contributed by atoms with Crippen molar-refractivity contribution in [2.24, 2.45) is 5.92 Å². The summed E-state index contributed by atoms with van der Waals surface area (Å²) >= 11 is 1.06. The smallest absolute Gasteiger partial charge is 0.308 e. The molecule has 1 N–H and O–H groups in total. The monoisotopic (exact) mass is 271 g/mol. The number of carbonyl (C=O) groups excluding carboxylic acids is 1. The maximum Gasteiger partial charge on any atom is 0.308 e. The van der Waals surface area contributed by atoms with Crippen molar-refractivity contribution in [2.75, 3.05) is 13.6 Å². The van der Waals surface area contributed by atoms with Crippen LogP contribution in [-0.4, -0.2) is 45.1 Å². The fourth-order valence-corrected chi connectivity index (χ4v) is 2.22. The number of aromatic nitrogens is 2. The van der Waals surface area contributed by atoms with Crippen LogP contribution >= 0.6 is 11.5 Å². The first-order valence-electron chi connectivity index (χ1n) is 5.76. The van der Waals surface area contributed by atoms with E-state index in [1.54, 1.807) is 14.0 Å². The van der Waals surface area contributed by atoms with Crippen molar-refractivity contribution in [3.8, 4) is 0 Å². The zero-order valence-electron chi connectivity index (χ0n) is 10.7. The minimum Gasteiger partial charge on any atom is -0.481 e. The van der Waals surface area contributed by atoms with Crippen molar-refractivity contribution in [3.63, 3.8) is 0 Å². The van der Waals surface area contributed by atoms with E-state index in [0.29, 0.717) is 17.0 Å². The molecule has 0 radical (unpaired) electrons. The molecule has 0 aliphatic carbocycles. The highest BCUT2D eigenvalue weighted by Gasteiger charge is 2.22. The third-order valence-electron chi connectivity index (χ3n) is 2.55. The van der Waals surface area contributed by atoms with E-state index in [4.69, 9.17) is 5.11 Å². The van der Waals surface area contributed by atoms with Gasteiger partial charge in [0.15, 0.2) is 0 Å². The molecule has 18 heavy (non-hydrogen) atoms. The highest BCUT2D eigenvalue weighted by atomic mass is 32.1. The first-order valence-corrected chi connectivity index (χ1v) is 6.54. The number of carboxylic acids is 1. The molecule has 0 aromatic carbocycles. The number of carboxylic acid groups (broad SMARTS) is 1. The standard InChI is InChI=1S/C11H17N3O3S/c1-4-5-8-9(18-13-12-8)10(15)14(3)6-7(2)11(16)17/h7H,4-6H2,1-3H3,(H,16,17). The number of carbonyl (C=O) groups is 2. The molecule has 100 valence electrons. The van der Waals surface area contributed by atoms with Crippen LogP contribution in [0, 0.1) is 5.92 Å². The first-order chi connectivity index (χ1) is 8.47. The van der Waals surface area contributed by atoms with Crippen LogP contribution < -0.4 is 0 Å². The van der Waals surface area contributed by atoms with Gasteiger partial charge in [0.05, 0.1) is 11.6 Å². The van der Waals surface area contributed by atoms with Gasteiger partial charge in [0.25, 0.3) is 5.91 Å². The maximum atomic E-state index is 12.1. The number of amides is 1. The molecule has 1 heterocycles. The predicted octanol–water partition coefficient (Wildman–Crippen LogP) is 1.28. The van der Waals surface area contributed by atoms with Crippen molar-refractivity contribution >= 4 is 23.4 Å². The Bertz CT molecular complexity index is 433. The van der Waals surface area contributed by atoms with Gasteiger partial charge in [0, 0.05) is 13.6 Å². The summed E-state index contributed by atoms with van der Waals surface area (Å²) in [6, 6.07) is 0. The van der Waals surface area contributed by atoms with Crippen molar-refractivity contribution < 1.29 is 14.7 Å². The van der Waals surface area contributed by atoms with Crippen LogP contribution in [0.15, 0.2) is 0 Å². The summed E-state index contributed by atoms with van der Waals surface area (Å²) < 4.78 is 3.79. The van der Waals surface area contributed by atoms with Gasteiger partial charge in [-0.25, -0.2) is 0 Å². The lowest BCUT2D eigenvalue weighted by molar-refractivity contribution is -0.141. The molecule has 1 atom stereocenters. The number of aryl methyl sites for hydroxylation is 1. The van der Waals surface area contributed by atoms with Gasteiger partial charge in [0.2, 0.25) is 0 Å². The van der Waals surface area contributed by atoms with Crippen LogP contribution in [0.25, 0.3) is 0 Å². The summed E-state index contributed by atoms with van der Waals surface area (Å²) in [7, 11) is 1.59. The molecule has 0 saturated heterocycles. The Morgan fingerprint density at radius 1 is 1.50 bits per heavy atom. The van der Waals surface area contributed by atoms with E-state index >= 15 is 0 Å². The Balaban J connectivity index is 2.74. The van der Waals surface area contributed by atoms with Gasteiger partial charge in [0.1, 0.15) is 4.88 Å². The fourth-order valence-electron chi connectivity index (χ4n) is 1.52. The van der Waals surface area contributed by atoms with E-state index in [2.05, 4.69) is 9.59 Å². The third kappa shape index (κ3) is 3.49. The Kier molecular flexibility index (Phi) is 5.21. The van der Waals surface area contributed by atoms with Gasteiger partial charge >= 0.3 is 5.97 Å². The average Bonchev–Trinajstić information content (AvgIpc) is 2.76. The minimum absolute atomic E-state index is 0.178. The maximum absolute atomic E-state index is 12.1. The Morgan fingerprint density at radius 2 is 2.17 bits per heavy atom. The lowest BCUT2D eigenvalue weighted by atomic mass is 10.1. The fraction of sp³-hybridized carbons (Fsp3) is 0.636. The van der Waals surface area contributed by atoms with E-state index in [0.717, 1.165) is 18.0 Å². The van der Waals surface area contributed by atoms with Crippen molar-refractivity contribution in [2.45, 2.75) is 26.7 Å². The zero-order valence-corrected chi connectivity index (χ0v) is 11.5. The van der Waals surface area contributed by atoms with Crippen molar-refractivity contribution in [1.82, 2.24) is 14.5 Å². The van der Waals surface area contributed by atoms with Gasteiger partial charge < -0.3 is 10.0 Å². The normalized spacial score (nSPS) is 12.2. The molecule has 0 aliphatic heterocycles. The van der Waals surface area contributed by atoms with E-state index in [1.807, 2.05) is 6.92 Å². The molecule has 0 aliphatic rings. The SMILES string of the molecule is CCCc1nnsc1C(=O)N(C)CC(C)C(=O)O. The molecule has 1 rings (SSSR count). The van der Waals surface area contributed by atoms with Crippen LogP contribution in [0.4, 0.5) is 0 Å². The van der Waals surface area contributed by atoms with E-state index in [-0.39, 0.29) is 12.5 Å². The van der Waals surface area contributed by atoms with Crippen LogP contribution in [0.1, 0.15) is 35.6 Å². The van der Waals surface area contributed by atoms with Gasteiger partial charge in [-0.05, 0) is 18.0 Å². The molecule has 0 bridgehead atoms. The Labute approximate surface area is 110 Å². The molecular formula is C11H17N3O3S. The second-order valence-electron chi connectivity index (χ2n) is 4.22. The summed E-state index contributed by atoms with van der Waals surface area (Å²) in [4.78, 5) is 24.8. The van der Waals surface area contributed by atoms with Gasteiger partial charge in [-0.1, -0.05) is 24.8 Å². The summed E-state index contributed by atoms with van der Waals surface area (Å²) in [5.74, 6) is -1.71. The first kappa shape index (κ1) is 14.6. The molecule has 0 fully saturated rings. The van der Waals surface area contributed by atoms with Crippen LogP contribution in [-0.2, 0) is 11.2 Å². The molecule has 1 unspecified atom stereocenters. The topological polar surface area (TPSA) is 83.4 Å². The van der Waals surface area contributed by atoms with Crippen LogP contribution in [0.5, 0.6) is 0 Å². The van der Waals surface area contributed by atoms with Gasteiger partial charge in [-0.15, -0.1) is 5.10 Å². The van der Waals surface area contributed by atoms with Gasteiger partial charge in [-0.3, -0.25) is 9.59 Å². The number of rotatable bonds is 6. The molecule has 6 nitrogen and oxygen atoms in total. The largest absolute Gasteiger partial charge is 0.481 e. The number of hydrogen-bond acceptors (Lipinski definition) is 5. The van der Waals surface area contributed by atoms with E-state index in [1.165, 1.54) is 4.90 Å². The lowest BCUT2D eigenvalue weighted by Gasteiger charge is -2.18. The van der Waals surface area contributed by atoms with E-state index in [9.17, 15) is 9.59 Å². The number of hydrogen-bond donors (Lipinski definition) is 1. The molecule has 1 amide bonds. The van der Waals surface area contributed by atoms with Crippen LogP contribution in [0.2, 0.25) is 0 Å². The molecule has 0 saturated carbocycles. The third-order valence-corrected chi connectivity index (χ3v) is 3.31. The summed E-state index contributed by atoms with van der Waals surface area (Å²) in [5, 5.41) is 12.8. The second kappa shape index (κ2) is 6.44. The zero-order chi connectivity index (χ0) is 13.7. The summed E-state index contributed by atoms with van der Waals surface area (Å²) in [5.41, 5.74) is 0.697. The number of nitrogens with zero attached hydrogens (tertiary/aromatic N) is 3.